The monoisotopic (exact) mass is 543 g/mol. The molecule has 5 N–H and O–H groups in total. The number of aliphatic hydroxyl groups is 1. The Balaban J connectivity index is 1.62. The molecule has 0 unspecified atom stereocenters. The van der Waals surface area contributed by atoms with Crippen molar-refractivity contribution in [1.82, 2.24) is 9.88 Å². The van der Waals surface area contributed by atoms with Crippen LogP contribution < -0.4 is 16.2 Å². The number of nitrogens with one attached hydrogen (secondary N) is 3. The maximum absolute atomic E-state index is 13.1. The number of hydrogen-bond acceptors (Lipinski definition) is 6. The summed E-state index contributed by atoms with van der Waals surface area (Å²) in [6, 6.07) is 16.1. The highest BCUT2D eigenvalue weighted by Gasteiger charge is 2.17. The second kappa shape index (κ2) is 12.4. The summed E-state index contributed by atoms with van der Waals surface area (Å²) in [5.41, 5.74) is 2.60. The van der Waals surface area contributed by atoms with Gasteiger partial charge in [-0.15, -0.1) is 0 Å². The van der Waals surface area contributed by atoms with E-state index in [9.17, 15) is 29.5 Å². The van der Waals surface area contributed by atoms with Crippen molar-refractivity contribution in [1.29, 1.82) is 5.26 Å². The molecule has 0 saturated heterocycles. The Morgan fingerprint density at radius 1 is 1.07 bits per heavy atom. The van der Waals surface area contributed by atoms with Crippen molar-refractivity contribution in [3.63, 3.8) is 0 Å². The van der Waals surface area contributed by atoms with E-state index in [0.717, 1.165) is 13.1 Å². The normalized spacial score (nSPS) is 11.8. The van der Waals surface area contributed by atoms with E-state index < -0.39 is 18.0 Å². The number of aliphatic hydroxyl groups excluding tert-OH is 1. The summed E-state index contributed by atoms with van der Waals surface area (Å²) in [7, 11) is 0. The van der Waals surface area contributed by atoms with Gasteiger partial charge in [0.1, 0.15) is 11.6 Å². The summed E-state index contributed by atoms with van der Waals surface area (Å²) in [6.07, 6.45) is -0.431. The van der Waals surface area contributed by atoms with Crippen LogP contribution in [0.3, 0.4) is 0 Å². The first-order chi connectivity index (χ1) is 19.2. The van der Waals surface area contributed by atoms with Gasteiger partial charge < -0.3 is 30.7 Å². The van der Waals surface area contributed by atoms with Gasteiger partial charge in [-0.25, -0.2) is 9.18 Å². The number of pyridine rings is 1. The molecule has 0 fully saturated rings. The topological polar surface area (TPSA) is 141 Å². The van der Waals surface area contributed by atoms with Crippen LogP contribution in [0.4, 0.5) is 20.6 Å². The van der Waals surface area contributed by atoms with Crippen molar-refractivity contribution in [3.8, 4) is 22.9 Å². The van der Waals surface area contributed by atoms with Crippen LogP contribution in [0.2, 0.25) is 0 Å². The number of nitrogens with zero attached hydrogens (tertiary/aromatic N) is 2. The van der Waals surface area contributed by atoms with Crippen LogP contribution in [-0.4, -0.2) is 51.9 Å². The average Bonchev–Trinajstić information content (AvgIpc) is 2.93. The minimum Gasteiger partial charge on any atom is -0.506 e. The van der Waals surface area contributed by atoms with E-state index in [0.29, 0.717) is 45.4 Å². The van der Waals surface area contributed by atoms with Crippen molar-refractivity contribution < 1.29 is 19.4 Å². The van der Waals surface area contributed by atoms with Gasteiger partial charge in [0.25, 0.3) is 0 Å². The molecule has 0 radical (unpaired) electrons. The number of nitriles is 1. The molecule has 0 bridgehead atoms. The summed E-state index contributed by atoms with van der Waals surface area (Å²) < 4.78 is 13.1. The van der Waals surface area contributed by atoms with Gasteiger partial charge in [0.05, 0.1) is 23.4 Å². The highest BCUT2D eigenvalue weighted by atomic mass is 19.1. The molecular formula is C30H30FN5O4. The summed E-state index contributed by atoms with van der Waals surface area (Å²) >= 11 is 0. The molecule has 0 aliphatic heterocycles. The molecule has 40 heavy (non-hydrogen) atoms. The molecular weight excluding hydrogens is 513 g/mol. The highest BCUT2D eigenvalue weighted by Crippen LogP contribution is 2.34. The van der Waals surface area contributed by atoms with E-state index in [2.05, 4.69) is 26.6 Å². The Morgan fingerprint density at radius 3 is 2.45 bits per heavy atom. The van der Waals surface area contributed by atoms with E-state index >= 15 is 0 Å². The van der Waals surface area contributed by atoms with Crippen molar-refractivity contribution in [3.05, 3.63) is 88.0 Å². The lowest BCUT2D eigenvalue weighted by Crippen LogP contribution is -2.33. The summed E-state index contributed by atoms with van der Waals surface area (Å²) in [5.74, 6) is -0.672. The number of aromatic amines is 1. The average molecular weight is 544 g/mol. The Morgan fingerprint density at radius 2 is 1.80 bits per heavy atom. The smallest absolute Gasteiger partial charge is 0.323 e. The van der Waals surface area contributed by atoms with Crippen LogP contribution in [0.1, 0.15) is 25.0 Å². The largest absolute Gasteiger partial charge is 0.506 e. The fraction of sp³-hybridized carbons (Fsp3) is 0.233. The fourth-order valence-electron chi connectivity index (χ4n) is 4.58. The number of aromatic hydroxyl groups is 1. The first-order valence-corrected chi connectivity index (χ1v) is 12.9. The van der Waals surface area contributed by atoms with Gasteiger partial charge in [0, 0.05) is 35.6 Å². The van der Waals surface area contributed by atoms with Crippen molar-refractivity contribution in [2.75, 3.05) is 30.3 Å². The number of halogens is 1. The second-order valence-corrected chi connectivity index (χ2v) is 9.38. The van der Waals surface area contributed by atoms with E-state index in [1.54, 1.807) is 18.2 Å². The number of H-pyrrole nitrogens is 1. The van der Waals surface area contributed by atoms with Crippen molar-refractivity contribution >= 4 is 28.3 Å². The van der Waals surface area contributed by atoms with Gasteiger partial charge in [-0.05, 0) is 78.3 Å². The molecule has 4 rings (SSSR count). The number of likely N-dealkylation sites (N-methyl/N-ethyl adjacent to an activating group) is 1. The van der Waals surface area contributed by atoms with Crippen LogP contribution >= 0.6 is 0 Å². The van der Waals surface area contributed by atoms with Crippen LogP contribution in [0.15, 0.2) is 65.5 Å². The molecule has 3 aromatic carbocycles. The highest BCUT2D eigenvalue weighted by molar-refractivity contribution is 6.01. The summed E-state index contributed by atoms with van der Waals surface area (Å²) in [4.78, 5) is 29.8. The number of aromatic nitrogens is 1. The first-order valence-electron chi connectivity index (χ1n) is 12.9. The lowest BCUT2D eigenvalue weighted by Gasteiger charge is -2.22. The minimum absolute atomic E-state index is 0.125. The van der Waals surface area contributed by atoms with Gasteiger partial charge >= 0.3 is 6.03 Å². The maximum atomic E-state index is 13.1. The predicted molar refractivity (Wildman–Crippen MR) is 153 cm³/mol. The summed E-state index contributed by atoms with van der Waals surface area (Å²) in [6.45, 7) is 6.10. The molecule has 10 heteroatoms. The molecule has 4 aromatic rings. The Kier molecular flexibility index (Phi) is 8.79. The van der Waals surface area contributed by atoms with Crippen LogP contribution in [0, 0.1) is 17.1 Å². The number of phenolic OH excluding ortho intramolecular Hbond substituents is 1. The zero-order chi connectivity index (χ0) is 28.8. The molecule has 2 amide bonds. The first kappa shape index (κ1) is 28.3. The van der Waals surface area contributed by atoms with Gasteiger partial charge in [0.15, 0.2) is 0 Å². The zero-order valence-corrected chi connectivity index (χ0v) is 22.2. The van der Waals surface area contributed by atoms with E-state index in [-0.39, 0.29) is 23.4 Å². The molecule has 1 heterocycles. The number of benzene rings is 3. The number of hydrogen-bond donors (Lipinski definition) is 5. The third kappa shape index (κ3) is 6.64. The molecule has 206 valence electrons. The van der Waals surface area contributed by atoms with Gasteiger partial charge in [-0.2, -0.15) is 5.26 Å². The predicted octanol–water partition coefficient (Wildman–Crippen LogP) is 4.80. The molecule has 1 aromatic heterocycles. The van der Waals surface area contributed by atoms with Gasteiger partial charge in [0.2, 0.25) is 5.56 Å². The number of urea groups is 1. The van der Waals surface area contributed by atoms with Gasteiger partial charge in [-0.1, -0.05) is 19.9 Å². The fourth-order valence-corrected chi connectivity index (χ4v) is 4.58. The number of carbonyl (C=O) groups excluding carboxylic acids is 1. The maximum Gasteiger partial charge on any atom is 0.323 e. The molecule has 0 aliphatic carbocycles. The van der Waals surface area contributed by atoms with Crippen molar-refractivity contribution in [2.45, 2.75) is 26.4 Å². The Labute approximate surface area is 230 Å². The third-order valence-electron chi connectivity index (χ3n) is 6.67. The lowest BCUT2D eigenvalue weighted by atomic mass is 9.95. The molecule has 0 aliphatic rings. The SMILES string of the molecule is CCN(CC)C[C@H](O)Cc1cc2[nH]c(=O)cc(-c3ccc(NC(=O)Nc4ccc(F)cc4)c(O)c3)c2cc1C#N. The van der Waals surface area contributed by atoms with E-state index in [1.807, 2.05) is 13.8 Å². The van der Waals surface area contributed by atoms with Crippen LogP contribution in [0.25, 0.3) is 22.0 Å². The van der Waals surface area contributed by atoms with Crippen LogP contribution in [-0.2, 0) is 6.42 Å². The number of fused-ring (bicyclic) bond motifs is 1. The number of carbonyl (C=O) groups is 1. The Hall–Kier alpha value is -4.72. The number of phenols is 1. The number of rotatable bonds is 9. The van der Waals surface area contributed by atoms with Gasteiger partial charge in [-0.3, -0.25) is 4.79 Å². The van der Waals surface area contributed by atoms with Crippen molar-refractivity contribution in [2.24, 2.45) is 0 Å². The second-order valence-electron chi connectivity index (χ2n) is 9.38. The molecule has 0 saturated carbocycles. The third-order valence-corrected chi connectivity index (χ3v) is 6.67. The number of amides is 2. The quantitative estimate of drug-likeness (QED) is 0.192. The zero-order valence-electron chi connectivity index (χ0n) is 22.2. The van der Waals surface area contributed by atoms with E-state index in [1.165, 1.54) is 42.5 Å². The minimum atomic E-state index is -0.684. The number of anilines is 2. The lowest BCUT2D eigenvalue weighted by molar-refractivity contribution is 0.118. The van der Waals surface area contributed by atoms with E-state index in [4.69, 9.17) is 0 Å². The standard InChI is InChI=1S/C30H30FN5O4/c1-3-36(4-2)17-23(37)11-19-13-27-25(12-20(19)16-32)24(15-29(39)34-27)18-5-10-26(28(38)14-18)35-30(40)33-22-8-6-21(31)7-9-22/h5-10,12-15,23,37-38H,3-4,11,17H2,1-2H3,(H,34,39)(H2,33,35,40)/t23-/m1/s1. The summed E-state index contributed by atoms with van der Waals surface area (Å²) in [5, 5.41) is 36.8. The molecule has 0 spiro atoms. The molecule has 1 atom stereocenters. The Bertz CT molecular complexity index is 1620. The molecule has 9 nitrogen and oxygen atoms in total. The van der Waals surface area contributed by atoms with Crippen LogP contribution in [0.5, 0.6) is 5.75 Å².